The van der Waals surface area contributed by atoms with Crippen molar-refractivity contribution in [2.45, 2.75) is 13.8 Å². The molecule has 0 heterocycles. The molecule has 5 heteroatoms. The molecule has 2 rings (SSSR count). The highest BCUT2D eigenvalue weighted by Crippen LogP contribution is 2.18. The van der Waals surface area contributed by atoms with Gasteiger partial charge >= 0.3 is 6.03 Å². The Morgan fingerprint density at radius 3 is 2.20 bits per heavy atom. The van der Waals surface area contributed by atoms with Gasteiger partial charge in [0.05, 0.1) is 0 Å². The molecule has 20 heavy (non-hydrogen) atoms. The van der Waals surface area contributed by atoms with Crippen molar-refractivity contribution in [3.05, 3.63) is 53.3 Å². The minimum atomic E-state index is -0.403. The molecule has 0 radical (unpaired) electrons. The quantitative estimate of drug-likeness (QED) is 0.731. The molecule has 0 saturated heterocycles. The number of aryl methyl sites for hydroxylation is 2. The first-order chi connectivity index (χ1) is 9.45. The fraction of sp³-hybridized carbons (Fsp3) is 0.133. The Morgan fingerprint density at radius 2 is 1.60 bits per heavy atom. The summed E-state index contributed by atoms with van der Waals surface area (Å²) < 4.78 is 13.1. The number of carbonyl (C=O) groups excluding carboxylic acids is 1. The van der Waals surface area contributed by atoms with Gasteiger partial charge in [0, 0.05) is 17.1 Å². The van der Waals surface area contributed by atoms with Gasteiger partial charge in [0.1, 0.15) is 5.82 Å². The standard InChI is InChI=1S/C15H16FN3O/c1-9-3-4-12(8-14(9)17)19-15(20)18-11-5-6-13(16)10(2)7-11/h3-8H,17H2,1-2H3,(H2,18,19,20). The van der Waals surface area contributed by atoms with Crippen molar-refractivity contribution in [1.82, 2.24) is 0 Å². The van der Waals surface area contributed by atoms with Crippen LogP contribution in [0.2, 0.25) is 0 Å². The third-order valence-electron chi connectivity index (χ3n) is 2.95. The largest absolute Gasteiger partial charge is 0.398 e. The first-order valence-corrected chi connectivity index (χ1v) is 6.16. The van der Waals surface area contributed by atoms with Gasteiger partial charge in [-0.3, -0.25) is 0 Å². The predicted octanol–water partition coefficient (Wildman–Crippen LogP) is 3.67. The van der Waals surface area contributed by atoms with Crippen LogP contribution in [0, 0.1) is 19.7 Å². The van der Waals surface area contributed by atoms with E-state index in [1.54, 1.807) is 25.1 Å². The molecule has 0 spiro atoms. The highest BCUT2D eigenvalue weighted by Gasteiger charge is 2.05. The van der Waals surface area contributed by atoms with E-state index in [0.29, 0.717) is 22.6 Å². The number of halogens is 1. The van der Waals surface area contributed by atoms with Crippen LogP contribution in [0.5, 0.6) is 0 Å². The average molecular weight is 273 g/mol. The second-order valence-corrected chi connectivity index (χ2v) is 4.61. The third-order valence-corrected chi connectivity index (χ3v) is 2.95. The van der Waals surface area contributed by atoms with Crippen LogP contribution in [0.25, 0.3) is 0 Å². The van der Waals surface area contributed by atoms with Crippen LogP contribution in [-0.2, 0) is 0 Å². The Balaban J connectivity index is 2.04. The fourth-order valence-electron chi connectivity index (χ4n) is 1.73. The molecule has 0 aliphatic heterocycles. The molecule has 0 bridgehead atoms. The average Bonchev–Trinajstić information content (AvgIpc) is 2.38. The fourth-order valence-corrected chi connectivity index (χ4v) is 1.73. The maximum Gasteiger partial charge on any atom is 0.323 e. The molecule has 0 aliphatic rings. The maximum absolute atomic E-state index is 13.1. The topological polar surface area (TPSA) is 67.2 Å². The number of anilines is 3. The molecule has 0 aromatic heterocycles. The summed E-state index contributed by atoms with van der Waals surface area (Å²) in [5.74, 6) is -0.303. The van der Waals surface area contributed by atoms with Crippen molar-refractivity contribution in [2.24, 2.45) is 0 Å². The van der Waals surface area contributed by atoms with Gasteiger partial charge in [-0.15, -0.1) is 0 Å². The maximum atomic E-state index is 13.1. The van der Waals surface area contributed by atoms with Crippen LogP contribution >= 0.6 is 0 Å². The lowest BCUT2D eigenvalue weighted by Gasteiger charge is -2.10. The first-order valence-electron chi connectivity index (χ1n) is 6.16. The number of benzene rings is 2. The molecule has 4 N–H and O–H groups in total. The number of carbonyl (C=O) groups is 1. The first kappa shape index (κ1) is 13.9. The summed E-state index contributed by atoms with van der Waals surface area (Å²) in [6.07, 6.45) is 0. The molecule has 0 fully saturated rings. The van der Waals surface area contributed by atoms with E-state index in [-0.39, 0.29) is 5.82 Å². The predicted molar refractivity (Wildman–Crippen MR) is 79.4 cm³/mol. The van der Waals surface area contributed by atoms with E-state index < -0.39 is 6.03 Å². The summed E-state index contributed by atoms with van der Waals surface area (Å²) >= 11 is 0. The zero-order chi connectivity index (χ0) is 14.7. The summed E-state index contributed by atoms with van der Waals surface area (Å²) in [6, 6.07) is 9.26. The van der Waals surface area contributed by atoms with E-state index in [0.717, 1.165) is 5.56 Å². The Kier molecular flexibility index (Phi) is 3.89. The van der Waals surface area contributed by atoms with Crippen LogP contribution < -0.4 is 16.4 Å². The van der Waals surface area contributed by atoms with E-state index in [1.807, 2.05) is 13.0 Å². The SMILES string of the molecule is Cc1ccc(NC(=O)Nc2ccc(F)c(C)c2)cc1N. The van der Waals surface area contributed by atoms with Crippen molar-refractivity contribution in [3.8, 4) is 0 Å². The summed E-state index contributed by atoms with van der Waals surface area (Å²) in [5, 5.41) is 5.30. The molecule has 104 valence electrons. The molecule has 0 aliphatic carbocycles. The van der Waals surface area contributed by atoms with Gasteiger partial charge in [0.15, 0.2) is 0 Å². The number of nitrogens with two attached hydrogens (primary N) is 1. The van der Waals surface area contributed by atoms with Gasteiger partial charge in [-0.25, -0.2) is 9.18 Å². The number of rotatable bonds is 2. The van der Waals surface area contributed by atoms with Crippen molar-refractivity contribution >= 4 is 23.1 Å². The lowest BCUT2D eigenvalue weighted by atomic mass is 10.2. The zero-order valence-corrected chi connectivity index (χ0v) is 11.3. The second-order valence-electron chi connectivity index (χ2n) is 4.61. The van der Waals surface area contributed by atoms with Crippen LogP contribution in [0.1, 0.15) is 11.1 Å². The van der Waals surface area contributed by atoms with Gasteiger partial charge in [-0.1, -0.05) is 6.07 Å². The van der Waals surface area contributed by atoms with Crippen LogP contribution in [0.15, 0.2) is 36.4 Å². The Bertz CT molecular complexity index is 600. The summed E-state index contributed by atoms with van der Waals surface area (Å²) in [6.45, 7) is 3.53. The smallest absolute Gasteiger partial charge is 0.323 e. The number of urea groups is 1. The molecule has 0 saturated carbocycles. The minimum absolute atomic E-state index is 0.303. The van der Waals surface area contributed by atoms with Crippen LogP contribution in [0.4, 0.5) is 26.2 Å². The number of hydrogen-bond acceptors (Lipinski definition) is 2. The van der Waals surface area contributed by atoms with E-state index >= 15 is 0 Å². The van der Waals surface area contributed by atoms with Gasteiger partial charge in [0.2, 0.25) is 0 Å². The lowest BCUT2D eigenvalue weighted by Crippen LogP contribution is -2.19. The zero-order valence-electron chi connectivity index (χ0n) is 11.3. The third kappa shape index (κ3) is 3.26. The molecule has 4 nitrogen and oxygen atoms in total. The van der Waals surface area contributed by atoms with Gasteiger partial charge < -0.3 is 16.4 Å². The van der Waals surface area contributed by atoms with E-state index in [1.165, 1.54) is 12.1 Å². The van der Waals surface area contributed by atoms with Gasteiger partial charge in [0.25, 0.3) is 0 Å². The van der Waals surface area contributed by atoms with Gasteiger partial charge in [-0.2, -0.15) is 0 Å². The number of amides is 2. The van der Waals surface area contributed by atoms with Crippen LogP contribution in [-0.4, -0.2) is 6.03 Å². The van der Waals surface area contributed by atoms with Crippen molar-refractivity contribution in [3.63, 3.8) is 0 Å². The number of nitrogen functional groups attached to an aromatic ring is 1. The molecule has 2 aromatic carbocycles. The summed E-state index contributed by atoms with van der Waals surface area (Å²) in [5.41, 5.74) is 8.94. The van der Waals surface area contributed by atoms with E-state index in [2.05, 4.69) is 10.6 Å². The Morgan fingerprint density at radius 1 is 1.00 bits per heavy atom. The molecule has 0 unspecified atom stereocenters. The number of hydrogen-bond donors (Lipinski definition) is 3. The molecular formula is C15H16FN3O. The summed E-state index contributed by atoms with van der Waals surface area (Å²) in [4.78, 5) is 11.8. The van der Waals surface area contributed by atoms with Crippen LogP contribution in [0.3, 0.4) is 0 Å². The molecule has 2 amide bonds. The van der Waals surface area contributed by atoms with Crippen molar-refractivity contribution < 1.29 is 9.18 Å². The lowest BCUT2D eigenvalue weighted by molar-refractivity contribution is 0.262. The van der Waals surface area contributed by atoms with Crippen molar-refractivity contribution in [2.75, 3.05) is 16.4 Å². The monoisotopic (exact) mass is 273 g/mol. The van der Waals surface area contributed by atoms with E-state index in [4.69, 9.17) is 5.73 Å². The number of nitrogens with one attached hydrogen (secondary N) is 2. The van der Waals surface area contributed by atoms with E-state index in [9.17, 15) is 9.18 Å². The summed E-state index contributed by atoms with van der Waals surface area (Å²) in [7, 11) is 0. The Labute approximate surface area is 116 Å². The normalized spacial score (nSPS) is 10.2. The molecule has 0 atom stereocenters. The van der Waals surface area contributed by atoms with Crippen molar-refractivity contribution in [1.29, 1.82) is 0 Å². The van der Waals surface area contributed by atoms with Gasteiger partial charge in [-0.05, 0) is 55.3 Å². The highest BCUT2D eigenvalue weighted by molar-refractivity contribution is 6.00. The molecule has 2 aromatic rings. The Hall–Kier alpha value is -2.56. The molecular weight excluding hydrogens is 257 g/mol. The second kappa shape index (κ2) is 5.61. The minimum Gasteiger partial charge on any atom is -0.398 e. The highest BCUT2D eigenvalue weighted by atomic mass is 19.1.